The van der Waals surface area contributed by atoms with E-state index >= 15 is 0 Å². The fourth-order valence-corrected chi connectivity index (χ4v) is 1.65. The third-order valence-corrected chi connectivity index (χ3v) is 3.08. The molecule has 2 rings (SSSR count). The van der Waals surface area contributed by atoms with Gasteiger partial charge in [-0.3, -0.25) is 9.36 Å². The Kier molecular flexibility index (Phi) is 7.94. The zero-order valence-corrected chi connectivity index (χ0v) is 13.5. The van der Waals surface area contributed by atoms with Crippen molar-refractivity contribution in [3.63, 3.8) is 0 Å². The number of imidazole rings is 1. The van der Waals surface area contributed by atoms with Crippen molar-refractivity contribution in [2.45, 2.75) is 13.0 Å². The fourth-order valence-electron chi connectivity index (χ4n) is 1.65. The molecule has 2 aromatic heterocycles. The lowest BCUT2D eigenvalue weighted by Gasteiger charge is -2.23. The summed E-state index contributed by atoms with van der Waals surface area (Å²) in [5.41, 5.74) is 6.16. The zero-order chi connectivity index (χ0) is 13.8. The minimum Gasteiger partial charge on any atom is -0.338 e. The van der Waals surface area contributed by atoms with E-state index in [2.05, 4.69) is 9.97 Å². The van der Waals surface area contributed by atoms with Crippen molar-refractivity contribution in [1.82, 2.24) is 19.4 Å². The van der Waals surface area contributed by atoms with Crippen LogP contribution in [0.2, 0.25) is 0 Å². The van der Waals surface area contributed by atoms with Crippen molar-refractivity contribution in [3.05, 3.63) is 42.6 Å². The van der Waals surface area contributed by atoms with Crippen LogP contribution < -0.4 is 5.73 Å². The summed E-state index contributed by atoms with van der Waals surface area (Å²) in [6.07, 6.45) is 6.70. The van der Waals surface area contributed by atoms with Crippen LogP contribution in [0, 0.1) is 0 Å². The van der Waals surface area contributed by atoms with Crippen LogP contribution in [0.3, 0.4) is 0 Å². The Bertz CT molecular complexity index is 561. The van der Waals surface area contributed by atoms with Crippen LogP contribution in [-0.4, -0.2) is 45.0 Å². The molecule has 1 amide bonds. The van der Waals surface area contributed by atoms with Crippen molar-refractivity contribution in [2.24, 2.45) is 5.73 Å². The number of amides is 1. The topological polar surface area (TPSA) is 77.0 Å². The standard InChI is InChI=1S/C13H17N5O.2ClH/c1-10(8-14)17(2)13(19)11-3-4-16-12(7-11)18-6-5-15-9-18;;/h3-7,9-10H,8,14H2,1-2H3;2*1H. The monoisotopic (exact) mass is 331 g/mol. The largest absolute Gasteiger partial charge is 0.338 e. The van der Waals surface area contributed by atoms with E-state index < -0.39 is 0 Å². The maximum Gasteiger partial charge on any atom is 0.254 e. The average Bonchev–Trinajstić information content (AvgIpc) is 2.99. The van der Waals surface area contributed by atoms with Gasteiger partial charge in [-0.15, -0.1) is 24.8 Å². The van der Waals surface area contributed by atoms with E-state index in [-0.39, 0.29) is 36.8 Å². The van der Waals surface area contributed by atoms with Gasteiger partial charge >= 0.3 is 0 Å². The van der Waals surface area contributed by atoms with Gasteiger partial charge < -0.3 is 10.6 Å². The number of likely N-dealkylation sites (N-methyl/N-ethyl adjacent to an activating group) is 1. The first kappa shape index (κ1) is 19.4. The van der Waals surface area contributed by atoms with Crippen LogP contribution in [0.5, 0.6) is 0 Å². The van der Waals surface area contributed by atoms with E-state index in [0.717, 1.165) is 0 Å². The van der Waals surface area contributed by atoms with E-state index in [4.69, 9.17) is 5.73 Å². The highest BCUT2D eigenvalue weighted by Gasteiger charge is 2.16. The van der Waals surface area contributed by atoms with Gasteiger partial charge in [-0.1, -0.05) is 0 Å². The van der Waals surface area contributed by atoms with Gasteiger partial charge in [-0.2, -0.15) is 0 Å². The lowest BCUT2D eigenvalue weighted by molar-refractivity contribution is 0.0748. The van der Waals surface area contributed by atoms with Gasteiger partial charge in [0.2, 0.25) is 0 Å². The lowest BCUT2D eigenvalue weighted by Crippen LogP contribution is -2.39. The molecule has 0 aromatic carbocycles. The molecule has 2 heterocycles. The number of aromatic nitrogens is 3. The predicted molar refractivity (Wildman–Crippen MR) is 86.5 cm³/mol. The maximum absolute atomic E-state index is 12.3. The Hall–Kier alpha value is -1.63. The fraction of sp³-hybridized carbons (Fsp3) is 0.308. The Morgan fingerprint density at radius 2 is 2.14 bits per heavy atom. The van der Waals surface area contributed by atoms with Crippen molar-refractivity contribution < 1.29 is 4.79 Å². The minimum absolute atomic E-state index is 0. The molecule has 2 aromatic rings. The number of pyridine rings is 1. The summed E-state index contributed by atoms with van der Waals surface area (Å²) in [5, 5.41) is 0. The zero-order valence-electron chi connectivity index (χ0n) is 11.8. The normalized spacial score (nSPS) is 11.0. The first-order valence-corrected chi connectivity index (χ1v) is 6.05. The molecule has 8 heteroatoms. The smallest absolute Gasteiger partial charge is 0.254 e. The van der Waals surface area contributed by atoms with Gasteiger partial charge in [0, 0.05) is 43.8 Å². The highest BCUT2D eigenvalue weighted by atomic mass is 35.5. The van der Waals surface area contributed by atoms with E-state index in [1.54, 1.807) is 53.6 Å². The van der Waals surface area contributed by atoms with Crippen molar-refractivity contribution >= 4 is 30.7 Å². The molecule has 0 saturated heterocycles. The molecular weight excluding hydrogens is 313 g/mol. The third kappa shape index (κ3) is 4.42. The number of nitrogens with two attached hydrogens (primary N) is 1. The molecule has 2 N–H and O–H groups in total. The quantitative estimate of drug-likeness (QED) is 0.921. The molecule has 1 unspecified atom stereocenters. The number of carbonyl (C=O) groups excluding carboxylic acids is 1. The Morgan fingerprint density at radius 3 is 2.71 bits per heavy atom. The van der Waals surface area contributed by atoms with Gasteiger partial charge in [-0.05, 0) is 19.1 Å². The molecule has 0 aliphatic carbocycles. The summed E-state index contributed by atoms with van der Waals surface area (Å²) in [5.74, 6) is 0.596. The van der Waals surface area contributed by atoms with Crippen LogP contribution in [0.25, 0.3) is 5.82 Å². The van der Waals surface area contributed by atoms with Gasteiger partial charge in [0.05, 0.1) is 0 Å². The molecule has 0 saturated carbocycles. The summed E-state index contributed by atoms with van der Waals surface area (Å²) in [6, 6.07) is 3.43. The van der Waals surface area contributed by atoms with Crippen molar-refractivity contribution in [2.75, 3.05) is 13.6 Å². The van der Waals surface area contributed by atoms with Crippen molar-refractivity contribution in [3.8, 4) is 5.82 Å². The first-order chi connectivity index (χ1) is 9.13. The second-order valence-electron chi connectivity index (χ2n) is 4.37. The van der Waals surface area contributed by atoms with Crippen LogP contribution >= 0.6 is 24.8 Å². The van der Waals surface area contributed by atoms with E-state index in [9.17, 15) is 4.79 Å². The molecule has 6 nitrogen and oxygen atoms in total. The predicted octanol–water partition coefficient (Wildman–Crippen LogP) is 1.53. The lowest BCUT2D eigenvalue weighted by atomic mass is 10.2. The molecule has 1 atom stereocenters. The Morgan fingerprint density at radius 1 is 1.43 bits per heavy atom. The van der Waals surface area contributed by atoms with Gasteiger partial charge in [-0.25, -0.2) is 9.97 Å². The summed E-state index contributed by atoms with van der Waals surface area (Å²) in [4.78, 5) is 22.1. The van der Waals surface area contributed by atoms with E-state index in [1.807, 2.05) is 6.92 Å². The molecule has 0 bridgehead atoms. The van der Waals surface area contributed by atoms with Crippen molar-refractivity contribution in [1.29, 1.82) is 0 Å². The molecule has 0 fully saturated rings. The second-order valence-corrected chi connectivity index (χ2v) is 4.37. The third-order valence-electron chi connectivity index (χ3n) is 3.08. The van der Waals surface area contributed by atoms with Gasteiger partial charge in [0.15, 0.2) is 0 Å². The Balaban J connectivity index is 0.00000200. The SMILES string of the molecule is CC(CN)N(C)C(=O)c1ccnc(-n2ccnc2)c1.Cl.Cl. The Labute approximate surface area is 136 Å². The van der Waals surface area contributed by atoms with Gasteiger partial charge in [0.25, 0.3) is 5.91 Å². The average molecular weight is 332 g/mol. The number of hydrogen-bond acceptors (Lipinski definition) is 4. The molecule has 0 radical (unpaired) electrons. The van der Waals surface area contributed by atoms with Crippen LogP contribution in [0.1, 0.15) is 17.3 Å². The number of nitrogens with zero attached hydrogens (tertiary/aromatic N) is 4. The summed E-state index contributed by atoms with van der Waals surface area (Å²) in [7, 11) is 1.75. The molecular formula is C13H19Cl2N5O. The van der Waals surface area contributed by atoms with E-state index in [0.29, 0.717) is 17.9 Å². The summed E-state index contributed by atoms with van der Waals surface area (Å²) < 4.78 is 1.75. The first-order valence-electron chi connectivity index (χ1n) is 6.05. The maximum atomic E-state index is 12.3. The number of carbonyl (C=O) groups is 1. The summed E-state index contributed by atoms with van der Waals surface area (Å²) >= 11 is 0. The molecule has 0 aliphatic rings. The molecule has 21 heavy (non-hydrogen) atoms. The molecule has 0 aliphatic heterocycles. The highest BCUT2D eigenvalue weighted by Crippen LogP contribution is 2.10. The number of halogens is 2. The second kappa shape index (κ2) is 8.61. The highest BCUT2D eigenvalue weighted by molar-refractivity contribution is 5.94. The van der Waals surface area contributed by atoms with E-state index in [1.165, 1.54) is 0 Å². The molecule has 0 spiro atoms. The van der Waals surface area contributed by atoms with Gasteiger partial charge in [0.1, 0.15) is 12.1 Å². The molecule has 116 valence electrons. The van der Waals surface area contributed by atoms with Crippen LogP contribution in [0.4, 0.5) is 0 Å². The number of hydrogen-bond donors (Lipinski definition) is 1. The summed E-state index contributed by atoms with van der Waals surface area (Å²) in [6.45, 7) is 2.34. The number of rotatable bonds is 4. The minimum atomic E-state index is -0.0679. The van der Waals surface area contributed by atoms with Crippen LogP contribution in [0.15, 0.2) is 37.1 Å². The van der Waals surface area contributed by atoms with Crippen LogP contribution in [-0.2, 0) is 0 Å².